The Hall–Kier alpha value is -0.610. The van der Waals surface area contributed by atoms with Crippen molar-refractivity contribution in [3.8, 4) is 0 Å². The fourth-order valence-corrected chi connectivity index (χ4v) is 0.679. The van der Waals surface area contributed by atoms with E-state index in [1.165, 1.54) is 6.92 Å². The number of carbonyl (C=O) groups is 1. The van der Waals surface area contributed by atoms with Crippen molar-refractivity contribution in [2.24, 2.45) is 0 Å². The predicted octanol–water partition coefficient (Wildman–Crippen LogP) is 0.229. The van der Waals surface area contributed by atoms with Crippen LogP contribution < -0.4 is 0 Å². The number of hydrogen-bond donors (Lipinski definition) is 3. The van der Waals surface area contributed by atoms with Gasteiger partial charge in [0.1, 0.15) is 0 Å². The molecule has 0 saturated heterocycles. The number of rotatable bonds is 4. The van der Waals surface area contributed by atoms with E-state index in [0.717, 1.165) is 0 Å². The molecule has 0 spiro atoms. The van der Waals surface area contributed by atoms with Crippen LogP contribution in [-0.2, 0) is 4.79 Å². The maximum Gasteiger partial charge on any atom is 0.305 e. The molecule has 0 aromatic rings. The number of aliphatic carboxylic acids is 1. The van der Waals surface area contributed by atoms with Gasteiger partial charge in [0.05, 0.1) is 18.6 Å². The van der Waals surface area contributed by atoms with Crippen molar-refractivity contribution in [3.63, 3.8) is 0 Å². The monoisotopic (exact) mass is 164 g/mol. The van der Waals surface area contributed by atoms with E-state index in [9.17, 15) is 4.79 Å². The largest absolute Gasteiger partial charge is 0.481 e. The molecule has 0 saturated carbocycles. The third-order valence-electron chi connectivity index (χ3n) is 1.02. The minimum absolute atomic E-state index is 0. The molecule has 0 amide bonds. The molecule has 0 heterocycles. The Morgan fingerprint density at radius 3 is 2.18 bits per heavy atom. The average molecular weight is 164 g/mol. The van der Waals surface area contributed by atoms with Crippen LogP contribution in [0.2, 0.25) is 0 Å². The molecule has 68 valence electrons. The van der Waals surface area contributed by atoms with Crippen molar-refractivity contribution in [2.45, 2.75) is 39.4 Å². The highest BCUT2D eigenvalue weighted by Crippen LogP contribution is 2.01. The van der Waals surface area contributed by atoms with Gasteiger partial charge in [-0.25, -0.2) is 0 Å². The molecule has 0 aliphatic heterocycles. The second-order valence-electron chi connectivity index (χ2n) is 2.34. The van der Waals surface area contributed by atoms with Crippen molar-refractivity contribution >= 4 is 5.97 Å². The zero-order valence-electron chi connectivity index (χ0n) is 5.82. The summed E-state index contributed by atoms with van der Waals surface area (Å²) in [5, 5.41) is 25.7. The van der Waals surface area contributed by atoms with Gasteiger partial charge in [-0.2, -0.15) is 0 Å². The number of aliphatic hydroxyl groups is 2. The van der Waals surface area contributed by atoms with Gasteiger partial charge >= 0.3 is 5.97 Å². The smallest absolute Gasteiger partial charge is 0.305 e. The predicted molar refractivity (Wildman–Crippen MR) is 41.3 cm³/mol. The lowest BCUT2D eigenvalue weighted by atomic mass is 10.1. The van der Waals surface area contributed by atoms with Crippen LogP contribution in [0.25, 0.3) is 0 Å². The lowest BCUT2D eigenvalue weighted by molar-refractivity contribution is -0.139. The first-order valence-corrected chi connectivity index (χ1v) is 3.10. The van der Waals surface area contributed by atoms with Crippen LogP contribution in [0.15, 0.2) is 0 Å². The van der Waals surface area contributed by atoms with Gasteiger partial charge in [-0.05, 0) is 13.3 Å². The van der Waals surface area contributed by atoms with E-state index in [1.807, 2.05) is 0 Å². The van der Waals surface area contributed by atoms with E-state index in [2.05, 4.69) is 0 Å². The van der Waals surface area contributed by atoms with Crippen molar-refractivity contribution in [2.75, 3.05) is 0 Å². The average Bonchev–Trinajstić information content (AvgIpc) is 1.58. The summed E-state index contributed by atoms with van der Waals surface area (Å²) >= 11 is 0. The summed E-state index contributed by atoms with van der Waals surface area (Å²) in [4.78, 5) is 9.95. The zero-order chi connectivity index (χ0) is 8.15. The van der Waals surface area contributed by atoms with Crippen molar-refractivity contribution in [1.29, 1.82) is 0 Å². The Morgan fingerprint density at radius 1 is 1.45 bits per heavy atom. The van der Waals surface area contributed by atoms with E-state index in [4.69, 9.17) is 15.3 Å². The van der Waals surface area contributed by atoms with Crippen molar-refractivity contribution in [1.82, 2.24) is 0 Å². The van der Waals surface area contributed by atoms with Crippen LogP contribution in [-0.4, -0.2) is 33.5 Å². The lowest BCUT2D eigenvalue weighted by Crippen LogP contribution is -2.18. The highest BCUT2D eigenvalue weighted by atomic mass is 16.4. The van der Waals surface area contributed by atoms with Gasteiger partial charge < -0.3 is 15.3 Å². The van der Waals surface area contributed by atoms with Gasteiger partial charge in [-0.15, -0.1) is 0 Å². The maximum absolute atomic E-state index is 9.95. The molecule has 0 rings (SSSR count). The third kappa shape index (κ3) is 9.39. The highest BCUT2D eigenvalue weighted by molar-refractivity contribution is 5.67. The first-order chi connectivity index (χ1) is 4.52. The van der Waals surface area contributed by atoms with E-state index >= 15 is 0 Å². The van der Waals surface area contributed by atoms with Crippen molar-refractivity contribution < 1.29 is 20.1 Å². The summed E-state index contributed by atoms with van der Waals surface area (Å²) in [5.41, 5.74) is 0. The molecular weight excluding hydrogens is 148 g/mol. The Bertz CT molecular complexity index is 111. The molecular formula is C7H16O4. The van der Waals surface area contributed by atoms with Gasteiger partial charge in [0.25, 0.3) is 0 Å². The summed E-state index contributed by atoms with van der Waals surface area (Å²) in [6.07, 6.45) is -1.76. The minimum atomic E-state index is -1.05. The number of carboxylic acids is 1. The number of hydrogen-bond acceptors (Lipinski definition) is 3. The SMILES string of the molecule is C.CC(O)CC(O)CC(=O)O. The summed E-state index contributed by atoms with van der Waals surface area (Å²) < 4.78 is 0. The van der Waals surface area contributed by atoms with Crippen LogP contribution in [0.1, 0.15) is 27.2 Å². The first-order valence-electron chi connectivity index (χ1n) is 3.10. The van der Waals surface area contributed by atoms with Gasteiger partial charge in [0.2, 0.25) is 0 Å². The molecule has 11 heavy (non-hydrogen) atoms. The number of carboxylic acid groups (broad SMARTS) is 1. The van der Waals surface area contributed by atoms with Crippen molar-refractivity contribution in [3.05, 3.63) is 0 Å². The van der Waals surface area contributed by atoms with Gasteiger partial charge in [-0.3, -0.25) is 4.79 Å². The van der Waals surface area contributed by atoms with E-state index in [1.54, 1.807) is 0 Å². The van der Waals surface area contributed by atoms with E-state index in [-0.39, 0.29) is 20.3 Å². The fourth-order valence-electron chi connectivity index (χ4n) is 0.679. The standard InChI is InChI=1S/C6H12O4.CH4/c1-4(7)2-5(8)3-6(9)10;/h4-5,7-8H,2-3H2,1H3,(H,9,10);1H4. The van der Waals surface area contributed by atoms with E-state index in [0.29, 0.717) is 0 Å². The second-order valence-corrected chi connectivity index (χ2v) is 2.34. The van der Waals surface area contributed by atoms with Gasteiger partial charge in [-0.1, -0.05) is 7.43 Å². The molecule has 0 aromatic carbocycles. The van der Waals surface area contributed by atoms with Crippen LogP contribution >= 0.6 is 0 Å². The summed E-state index contributed by atoms with van der Waals surface area (Å²) in [5.74, 6) is -1.05. The zero-order valence-corrected chi connectivity index (χ0v) is 5.82. The molecule has 0 radical (unpaired) electrons. The minimum Gasteiger partial charge on any atom is -0.481 e. The Labute approximate surface area is 66.5 Å². The van der Waals surface area contributed by atoms with E-state index < -0.39 is 18.2 Å². The van der Waals surface area contributed by atoms with Crippen LogP contribution in [0.3, 0.4) is 0 Å². The Kier molecular flexibility index (Phi) is 7.24. The molecule has 0 bridgehead atoms. The molecule has 3 N–H and O–H groups in total. The molecule has 4 nitrogen and oxygen atoms in total. The fraction of sp³-hybridized carbons (Fsp3) is 0.857. The van der Waals surface area contributed by atoms with Gasteiger partial charge in [0, 0.05) is 0 Å². The normalized spacial score (nSPS) is 14.8. The molecule has 4 heteroatoms. The number of aliphatic hydroxyl groups excluding tert-OH is 2. The lowest BCUT2D eigenvalue weighted by Gasteiger charge is -2.08. The molecule has 2 atom stereocenters. The highest BCUT2D eigenvalue weighted by Gasteiger charge is 2.11. The quantitative estimate of drug-likeness (QED) is 0.555. The van der Waals surface area contributed by atoms with Crippen LogP contribution in [0.4, 0.5) is 0 Å². The second kappa shape index (κ2) is 6.12. The summed E-state index contributed by atoms with van der Waals surface area (Å²) in [7, 11) is 0. The van der Waals surface area contributed by atoms with Gasteiger partial charge in [0.15, 0.2) is 0 Å². The third-order valence-corrected chi connectivity index (χ3v) is 1.02. The maximum atomic E-state index is 9.95. The molecule has 0 aliphatic carbocycles. The summed E-state index contributed by atoms with van der Waals surface area (Å²) in [6, 6.07) is 0. The first kappa shape index (κ1) is 13.0. The van der Waals surface area contributed by atoms with Crippen LogP contribution in [0.5, 0.6) is 0 Å². The molecule has 0 aliphatic rings. The topological polar surface area (TPSA) is 77.8 Å². The molecule has 0 aromatic heterocycles. The Balaban J connectivity index is 0. The summed E-state index contributed by atoms with van der Waals surface area (Å²) in [6.45, 7) is 1.51. The molecule has 2 unspecified atom stereocenters. The Morgan fingerprint density at radius 2 is 1.91 bits per heavy atom. The van der Waals surface area contributed by atoms with Crippen LogP contribution in [0, 0.1) is 0 Å². The molecule has 0 fully saturated rings.